The van der Waals surface area contributed by atoms with Crippen LogP contribution in [0, 0.1) is 5.41 Å². The van der Waals surface area contributed by atoms with Crippen molar-refractivity contribution in [3.8, 4) is 0 Å². The van der Waals surface area contributed by atoms with Crippen molar-refractivity contribution in [3.63, 3.8) is 0 Å². The Morgan fingerprint density at radius 2 is 1.85 bits per heavy atom. The second-order valence-corrected chi connectivity index (χ2v) is 6.66. The van der Waals surface area contributed by atoms with Crippen LogP contribution in [0.5, 0.6) is 0 Å². The van der Waals surface area contributed by atoms with E-state index in [1.807, 2.05) is 24.3 Å². The van der Waals surface area contributed by atoms with Gasteiger partial charge >= 0.3 is 0 Å². The molecule has 3 heteroatoms. The Morgan fingerprint density at radius 1 is 1.25 bits per heavy atom. The molecule has 1 aliphatic rings. The van der Waals surface area contributed by atoms with Gasteiger partial charge in [0.15, 0.2) is 0 Å². The van der Waals surface area contributed by atoms with Crippen molar-refractivity contribution in [2.45, 2.75) is 58.5 Å². The average Bonchev–Trinajstić information content (AvgIpc) is 2.42. The number of hydrogen-bond donors (Lipinski definition) is 2. The van der Waals surface area contributed by atoms with Crippen molar-refractivity contribution in [3.05, 3.63) is 35.4 Å². The SMILES string of the molecule is CC1(C)CCC(NC(=O)Cc2ccccc2CN)CC1. The predicted molar refractivity (Wildman–Crippen MR) is 82.2 cm³/mol. The summed E-state index contributed by atoms with van der Waals surface area (Å²) in [5.74, 6) is 0.121. The fourth-order valence-corrected chi connectivity index (χ4v) is 2.92. The lowest BCUT2D eigenvalue weighted by atomic mass is 9.75. The lowest BCUT2D eigenvalue weighted by Crippen LogP contribution is -2.40. The fourth-order valence-electron chi connectivity index (χ4n) is 2.92. The zero-order valence-corrected chi connectivity index (χ0v) is 12.6. The largest absolute Gasteiger partial charge is 0.353 e. The summed E-state index contributed by atoms with van der Waals surface area (Å²) < 4.78 is 0. The van der Waals surface area contributed by atoms with Gasteiger partial charge in [0.2, 0.25) is 5.91 Å². The van der Waals surface area contributed by atoms with Gasteiger partial charge in [-0.2, -0.15) is 0 Å². The zero-order valence-electron chi connectivity index (χ0n) is 12.6. The van der Waals surface area contributed by atoms with Crippen molar-refractivity contribution in [2.24, 2.45) is 11.1 Å². The number of benzene rings is 1. The third-order valence-electron chi connectivity index (χ3n) is 4.39. The molecule has 110 valence electrons. The van der Waals surface area contributed by atoms with E-state index in [1.54, 1.807) is 0 Å². The summed E-state index contributed by atoms with van der Waals surface area (Å²) in [6, 6.07) is 8.26. The standard InChI is InChI=1S/C17H26N2O/c1-17(2)9-7-15(8-10-17)19-16(20)11-13-5-3-4-6-14(13)12-18/h3-6,15H,7-12,18H2,1-2H3,(H,19,20). The quantitative estimate of drug-likeness (QED) is 0.887. The number of nitrogens with one attached hydrogen (secondary N) is 1. The van der Waals surface area contributed by atoms with Gasteiger partial charge in [0.25, 0.3) is 0 Å². The highest BCUT2D eigenvalue weighted by molar-refractivity contribution is 5.79. The molecule has 0 unspecified atom stereocenters. The van der Waals surface area contributed by atoms with Gasteiger partial charge in [0, 0.05) is 12.6 Å². The number of rotatable bonds is 4. The first-order valence-electron chi connectivity index (χ1n) is 7.56. The Balaban J connectivity index is 1.87. The van der Waals surface area contributed by atoms with Crippen molar-refractivity contribution in [1.29, 1.82) is 0 Å². The molecule has 3 nitrogen and oxygen atoms in total. The summed E-state index contributed by atoms with van der Waals surface area (Å²) in [5.41, 5.74) is 8.25. The molecule has 1 aromatic rings. The maximum atomic E-state index is 12.2. The Morgan fingerprint density at radius 3 is 2.45 bits per heavy atom. The van der Waals surface area contributed by atoms with E-state index in [0.717, 1.165) is 24.0 Å². The molecule has 0 atom stereocenters. The highest BCUT2D eigenvalue weighted by Gasteiger charge is 2.27. The van der Waals surface area contributed by atoms with Gasteiger partial charge in [0.1, 0.15) is 0 Å². The van der Waals surface area contributed by atoms with E-state index in [2.05, 4.69) is 19.2 Å². The van der Waals surface area contributed by atoms with Crippen molar-refractivity contribution < 1.29 is 4.79 Å². The predicted octanol–water partition coefficient (Wildman–Crippen LogP) is 2.77. The van der Waals surface area contributed by atoms with Gasteiger partial charge < -0.3 is 11.1 Å². The molecular weight excluding hydrogens is 248 g/mol. The minimum Gasteiger partial charge on any atom is -0.353 e. The van der Waals surface area contributed by atoms with Gasteiger partial charge in [-0.25, -0.2) is 0 Å². The van der Waals surface area contributed by atoms with Crippen molar-refractivity contribution in [2.75, 3.05) is 0 Å². The number of carbonyl (C=O) groups excluding carboxylic acids is 1. The summed E-state index contributed by atoms with van der Waals surface area (Å²) in [4.78, 5) is 12.2. The number of hydrogen-bond acceptors (Lipinski definition) is 2. The van der Waals surface area contributed by atoms with Crippen LogP contribution in [0.25, 0.3) is 0 Å². The van der Waals surface area contributed by atoms with Gasteiger partial charge in [-0.15, -0.1) is 0 Å². The first-order valence-corrected chi connectivity index (χ1v) is 7.56. The van der Waals surface area contributed by atoms with Gasteiger partial charge in [-0.05, 0) is 42.2 Å². The molecule has 1 amide bonds. The van der Waals surface area contributed by atoms with E-state index in [4.69, 9.17) is 5.73 Å². The van der Waals surface area contributed by atoms with Crippen LogP contribution in [0.4, 0.5) is 0 Å². The van der Waals surface area contributed by atoms with E-state index in [-0.39, 0.29) is 5.91 Å². The summed E-state index contributed by atoms with van der Waals surface area (Å²) in [5, 5.41) is 3.18. The number of nitrogens with two attached hydrogens (primary N) is 1. The lowest BCUT2D eigenvalue weighted by Gasteiger charge is -2.34. The topological polar surface area (TPSA) is 55.1 Å². The average molecular weight is 274 g/mol. The Bertz CT molecular complexity index is 458. The molecule has 2 rings (SSSR count). The molecule has 1 fully saturated rings. The minimum atomic E-state index is 0.121. The first kappa shape index (κ1) is 15.0. The molecule has 0 saturated heterocycles. The minimum absolute atomic E-state index is 0.121. The van der Waals surface area contributed by atoms with Crippen LogP contribution in [-0.2, 0) is 17.8 Å². The smallest absolute Gasteiger partial charge is 0.224 e. The number of amides is 1. The molecule has 0 bridgehead atoms. The Hall–Kier alpha value is -1.35. The van der Waals surface area contributed by atoms with Crippen LogP contribution in [0.1, 0.15) is 50.7 Å². The van der Waals surface area contributed by atoms with Crippen LogP contribution >= 0.6 is 0 Å². The van der Waals surface area contributed by atoms with Crippen LogP contribution in [-0.4, -0.2) is 11.9 Å². The summed E-state index contributed by atoms with van der Waals surface area (Å²) >= 11 is 0. The van der Waals surface area contributed by atoms with Crippen LogP contribution in [0.2, 0.25) is 0 Å². The second kappa shape index (κ2) is 6.40. The van der Waals surface area contributed by atoms with Crippen LogP contribution < -0.4 is 11.1 Å². The third kappa shape index (κ3) is 4.07. The lowest BCUT2D eigenvalue weighted by molar-refractivity contribution is -0.121. The fraction of sp³-hybridized carbons (Fsp3) is 0.588. The maximum Gasteiger partial charge on any atom is 0.224 e. The second-order valence-electron chi connectivity index (χ2n) is 6.66. The maximum absolute atomic E-state index is 12.2. The van der Waals surface area contributed by atoms with Crippen LogP contribution in [0.3, 0.4) is 0 Å². The molecule has 0 radical (unpaired) electrons. The summed E-state index contributed by atoms with van der Waals surface area (Å²) in [7, 11) is 0. The molecule has 0 aliphatic heterocycles. The van der Waals surface area contributed by atoms with E-state index in [9.17, 15) is 4.79 Å². The molecule has 1 aromatic carbocycles. The molecule has 3 N–H and O–H groups in total. The van der Waals surface area contributed by atoms with E-state index < -0.39 is 0 Å². The van der Waals surface area contributed by atoms with Gasteiger partial charge in [-0.3, -0.25) is 4.79 Å². The van der Waals surface area contributed by atoms with E-state index in [1.165, 1.54) is 12.8 Å². The van der Waals surface area contributed by atoms with Gasteiger partial charge in [0.05, 0.1) is 6.42 Å². The molecule has 1 aliphatic carbocycles. The van der Waals surface area contributed by atoms with Crippen LogP contribution in [0.15, 0.2) is 24.3 Å². The third-order valence-corrected chi connectivity index (χ3v) is 4.39. The highest BCUT2D eigenvalue weighted by Crippen LogP contribution is 2.34. The summed E-state index contributed by atoms with van der Waals surface area (Å²) in [6.45, 7) is 5.10. The highest BCUT2D eigenvalue weighted by atomic mass is 16.1. The normalized spacial score (nSPS) is 18.8. The zero-order chi connectivity index (χ0) is 14.6. The molecule has 0 spiro atoms. The molecule has 0 heterocycles. The summed E-state index contributed by atoms with van der Waals surface area (Å²) in [6.07, 6.45) is 5.01. The monoisotopic (exact) mass is 274 g/mol. The molecule has 20 heavy (non-hydrogen) atoms. The van der Waals surface area contributed by atoms with Crippen molar-refractivity contribution in [1.82, 2.24) is 5.32 Å². The Kier molecular flexibility index (Phi) is 4.81. The van der Waals surface area contributed by atoms with Crippen molar-refractivity contribution >= 4 is 5.91 Å². The molecule has 1 saturated carbocycles. The first-order chi connectivity index (χ1) is 9.50. The van der Waals surface area contributed by atoms with E-state index >= 15 is 0 Å². The number of carbonyl (C=O) groups is 1. The molecular formula is C17H26N2O. The van der Waals surface area contributed by atoms with E-state index in [0.29, 0.717) is 24.4 Å². The molecule has 0 aromatic heterocycles. The van der Waals surface area contributed by atoms with Gasteiger partial charge in [-0.1, -0.05) is 38.1 Å². The Labute approximate surface area is 121 Å².